The van der Waals surface area contributed by atoms with Gasteiger partial charge in [-0.15, -0.1) is 0 Å². The topological polar surface area (TPSA) is 42.4 Å². The van der Waals surface area contributed by atoms with Gasteiger partial charge in [-0.3, -0.25) is 4.98 Å². The van der Waals surface area contributed by atoms with Crippen LogP contribution in [0.3, 0.4) is 0 Å². The molecular weight excluding hydrogens is 154 g/mol. The molecule has 1 heterocycles. The van der Waals surface area contributed by atoms with Gasteiger partial charge in [-0.1, -0.05) is 0 Å². The molecule has 2 unspecified atom stereocenters. The van der Waals surface area contributed by atoms with Crippen molar-refractivity contribution >= 4 is 0 Å². The minimum absolute atomic E-state index is 0.200. The van der Waals surface area contributed by atoms with Crippen molar-refractivity contribution in [2.24, 2.45) is 0 Å². The van der Waals surface area contributed by atoms with Gasteiger partial charge in [-0.05, 0) is 26.0 Å². The van der Waals surface area contributed by atoms with Crippen molar-refractivity contribution < 1.29 is 9.84 Å². The summed E-state index contributed by atoms with van der Waals surface area (Å²) >= 11 is 0. The fraction of sp³-hybridized carbons (Fsp3) is 0.444. The normalized spacial score (nSPS) is 15.2. The van der Waals surface area contributed by atoms with E-state index in [-0.39, 0.29) is 6.10 Å². The summed E-state index contributed by atoms with van der Waals surface area (Å²) in [7, 11) is 0. The first-order valence-electron chi connectivity index (χ1n) is 3.95. The highest BCUT2D eigenvalue weighted by molar-refractivity contribution is 5.15. The molecule has 1 rings (SSSR count). The minimum Gasteiger partial charge on any atom is -0.486 e. The van der Waals surface area contributed by atoms with Crippen LogP contribution in [0.4, 0.5) is 0 Å². The predicted molar refractivity (Wildman–Crippen MR) is 46.0 cm³/mol. The summed E-state index contributed by atoms with van der Waals surface area (Å²) in [5, 5.41) is 9.14. The van der Waals surface area contributed by atoms with Crippen LogP contribution >= 0.6 is 0 Å². The number of hydrogen-bond acceptors (Lipinski definition) is 3. The summed E-state index contributed by atoms with van der Waals surface area (Å²) in [6, 6.07) is 3.61. The van der Waals surface area contributed by atoms with Crippen molar-refractivity contribution in [2.45, 2.75) is 26.1 Å². The van der Waals surface area contributed by atoms with E-state index in [0.29, 0.717) is 5.75 Å². The van der Waals surface area contributed by atoms with Crippen molar-refractivity contribution in [2.75, 3.05) is 0 Å². The van der Waals surface area contributed by atoms with Gasteiger partial charge >= 0.3 is 0 Å². The van der Waals surface area contributed by atoms with Crippen LogP contribution < -0.4 is 4.74 Å². The van der Waals surface area contributed by atoms with Crippen LogP contribution in [0.2, 0.25) is 0 Å². The third-order valence-corrected chi connectivity index (χ3v) is 1.64. The Morgan fingerprint density at radius 3 is 2.75 bits per heavy atom. The average molecular weight is 167 g/mol. The van der Waals surface area contributed by atoms with Crippen LogP contribution in [-0.2, 0) is 0 Å². The lowest BCUT2D eigenvalue weighted by atomic mass is 10.2. The largest absolute Gasteiger partial charge is 0.486 e. The molecule has 3 heteroatoms. The van der Waals surface area contributed by atoms with Gasteiger partial charge in [0.15, 0.2) is 0 Å². The molecule has 0 saturated heterocycles. The van der Waals surface area contributed by atoms with Crippen molar-refractivity contribution in [1.29, 1.82) is 0 Å². The van der Waals surface area contributed by atoms with Crippen molar-refractivity contribution in [3.63, 3.8) is 0 Å². The maximum atomic E-state index is 9.14. The smallest absolute Gasteiger partial charge is 0.138 e. The maximum absolute atomic E-state index is 9.14. The molecule has 0 aromatic carbocycles. The summed E-state index contributed by atoms with van der Waals surface area (Å²) in [6.07, 6.45) is 2.64. The Kier molecular flexibility index (Phi) is 3.05. The van der Waals surface area contributed by atoms with E-state index in [9.17, 15) is 0 Å². The zero-order chi connectivity index (χ0) is 8.97. The summed E-state index contributed by atoms with van der Waals surface area (Å²) in [4.78, 5) is 3.89. The number of pyridine rings is 1. The van der Waals surface area contributed by atoms with Gasteiger partial charge < -0.3 is 9.84 Å². The molecule has 0 aliphatic rings. The average Bonchev–Trinajstić information content (AvgIpc) is 2.06. The molecule has 3 nitrogen and oxygen atoms in total. The molecule has 0 saturated carbocycles. The van der Waals surface area contributed by atoms with Gasteiger partial charge in [0.05, 0.1) is 12.3 Å². The standard InChI is InChI=1S/C9H13NO2/c1-7(11)8(2)12-9-4-3-5-10-6-9/h3-8,11H,1-2H3. The summed E-state index contributed by atoms with van der Waals surface area (Å²) in [5.41, 5.74) is 0. The van der Waals surface area contributed by atoms with Crippen LogP contribution in [0.5, 0.6) is 5.75 Å². The molecule has 1 aromatic heterocycles. The molecule has 1 N–H and O–H groups in total. The fourth-order valence-corrected chi connectivity index (χ4v) is 0.730. The molecule has 1 aromatic rings. The first-order chi connectivity index (χ1) is 5.70. The Labute approximate surface area is 72.0 Å². The second-order valence-electron chi connectivity index (χ2n) is 2.75. The molecule has 0 bridgehead atoms. The monoisotopic (exact) mass is 167 g/mol. The van der Waals surface area contributed by atoms with E-state index >= 15 is 0 Å². The lowest BCUT2D eigenvalue weighted by molar-refractivity contribution is 0.0602. The molecule has 0 aliphatic carbocycles. The Morgan fingerprint density at radius 2 is 2.25 bits per heavy atom. The van der Waals surface area contributed by atoms with Crippen LogP contribution in [0.1, 0.15) is 13.8 Å². The van der Waals surface area contributed by atoms with E-state index in [0.717, 1.165) is 0 Å². The number of hydrogen-bond donors (Lipinski definition) is 1. The molecule has 0 spiro atoms. The highest BCUT2D eigenvalue weighted by atomic mass is 16.5. The Balaban J connectivity index is 2.53. The van der Waals surface area contributed by atoms with Gasteiger partial charge in [0.25, 0.3) is 0 Å². The van der Waals surface area contributed by atoms with E-state index in [2.05, 4.69) is 4.98 Å². The highest BCUT2D eigenvalue weighted by Crippen LogP contribution is 2.10. The minimum atomic E-state index is -0.467. The Morgan fingerprint density at radius 1 is 1.50 bits per heavy atom. The summed E-state index contributed by atoms with van der Waals surface area (Å²) < 4.78 is 5.36. The Hall–Kier alpha value is -1.09. The highest BCUT2D eigenvalue weighted by Gasteiger charge is 2.09. The van der Waals surface area contributed by atoms with Gasteiger partial charge in [0.2, 0.25) is 0 Å². The molecule has 0 radical (unpaired) electrons. The quantitative estimate of drug-likeness (QED) is 0.736. The zero-order valence-electron chi connectivity index (χ0n) is 7.27. The van der Waals surface area contributed by atoms with Crippen molar-refractivity contribution in [3.05, 3.63) is 24.5 Å². The fourth-order valence-electron chi connectivity index (χ4n) is 0.730. The molecular formula is C9H13NO2. The number of ether oxygens (including phenoxy) is 1. The number of aliphatic hydroxyl groups is 1. The summed E-state index contributed by atoms with van der Waals surface area (Å²) in [6.45, 7) is 3.51. The Bertz CT molecular complexity index is 223. The van der Waals surface area contributed by atoms with E-state index < -0.39 is 6.10 Å². The predicted octanol–water partition coefficient (Wildman–Crippen LogP) is 1.23. The van der Waals surface area contributed by atoms with Gasteiger partial charge in [-0.2, -0.15) is 0 Å². The first kappa shape index (κ1) is 9.00. The molecule has 2 atom stereocenters. The van der Waals surface area contributed by atoms with E-state index in [4.69, 9.17) is 9.84 Å². The maximum Gasteiger partial charge on any atom is 0.138 e. The number of rotatable bonds is 3. The number of aliphatic hydroxyl groups excluding tert-OH is 1. The molecule has 66 valence electrons. The van der Waals surface area contributed by atoms with Gasteiger partial charge in [0, 0.05) is 6.20 Å². The SMILES string of the molecule is CC(O)C(C)Oc1cccnc1. The molecule has 0 amide bonds. The summed E-state index contributed by atoms with van der Waals surface area (Å²) in [5.74, 6) is 0.686. The second kappa shape index (κ2) is 4.07. The number of nitrogens with zero attached hydrogens (tertiary/aromatic N) is 1. The van der Waals surface area contributed by atoms with Gasteiger partial charge in [0.1, 0.15) is 11.9 Å². The van der Waals surface area contributed by atoms with Crippen molar-refractivity contribution in [3.8, 4) is 5.75 Å². The van der Waals surface area contributed by atoms with E-state index in [1.807, 2.05) is 13.0 Å². The van der Waals surface area contributed by atoms with E-state index in [1.54, 1.807) is 25.4 Å². The van der Waals surface area contributed by atoms with Crippen LogP contribution in [0.15, 0.2) is 24.5 Å². The lowest BCUT2D eigenvalue weighted by Gasteiger charge is -2.16. The molecule has 0 fully saturated rings. The molecule has 12 heavy (non-hydrogen) atoms. The zero-order valence-corrected chi connectivity index (χ0v) is 7.27. The van der Waals surface area contributed by atoms with Gasteiger partial charge in [-0.25, -0.2) is 0 Å². The first-order valence-corrected chi connectivity index (χ1v) is 3.95. The number of aromatic nitrogens is 1. The van der Waals surface area contributed by atoms with Crippen LogP contribution in [-0.4, -0.2) is 22.3 Å². The molecule has 0 aliphatic heterocycles. The van der Waals surface area contributed by atoms with Crippen LogP contribution in [0, 0.1) is 0 Å². The lowest BCUT2D eigenvalue weighted by Crippen LogP contribution is -2.25. The van der Waals surface area contributed by atoms with E-state index in [1.165, 1.54) is 0 Å². The third kappa shape index (κ3) is 2.51. The van der Waals surface area contributed by atoms with Crippen molar-refractivity contribution in [1.82, 2.24) is 4.98 Å². The third-order valence-electron chi connectivity index (χ3n) is 1.64. The second-order valence-corrected chi connectivity index (χ2v) is 2.75. The van der Waals surface area contributed by atoms with Crippen LogP contribution in [0.25, 0.3) is 0 Å².